The smallest absolute Gasteiger partial charge is 0.213 e. The van der Waals surface area contributed by atoms with Crippen molar-refractivity contribution in [1.82, 2.24) is 10.3 Å². The van der Waals surface area contributed by atoms with E-state index in [9.17, 15) is 0 Å². The number of thiophene rings is 1. The third kappa shape index (κ3) is 4.33. The van der Waals surface area contributed by atoms with E-state index in [0.717, 1.165) is 13.0 Å². The molecule has 1 N–H and O–H groups in total. The Balaban J connectivity index is 1.81. The van der Waals surface area contributed by atoms with E-state index in [1.165, 1.54) is 10.4 Å². The van der Waals surface area contributed by atoms with Crippen molar-refractivity contribution < 1.29 is 4.74 Å². The minimum atomic E-state index is 0.331. The first kappa shape index (κ1) is 14.0. The summed E-state index contributed by atoms with van der Waals surface area (Å²) < 4.78 is 5.65. The zero-order valence-electron chi connectivity index (χ0n) is 11.4. The fourth-order valence-corrected chi connectivity index (χ4v) is 2.56. The molecule has 2 heterocycles. The fraction of sp³-hybridized carbons (Fsp3) is 0.400. The first-order chi connectivity index (χ1) is 9.29. The number of rotatable bonds is 7. The van der Waals surface area contributed by atoms with Crippen LogP contribution in [-0.4, -0.2) is 18.1 Å². The Morgan fingerprint density at radius 1 is 1.37 bits per heavy atom. The van der Waals surface area contributed by atoms with Crippen LogP contribution in [0, 0.1) is 0 Å². The van der Waals surface area contributed by atoms with E-state index in [0.29, 0.717) is 18.5 Å². The van der Waals surface area contributed by atoms with Gasteiger partial charge in [-0.05, 0) is 30.5 Å². The third-order valence-electron chi connectivity index (χ3n) is 2.95. The van der Waals surface area contributed by atoms with Gasteiger partial charge in [-0.1, -0.05) is 19.1 Å². The zero-order chi connectivity index (χ0) is 13.5. The molecule has 0 radical (unpaired) electrons. The summed E-state index contributed by atoms with van der Waals surface area (Å²) in [5.74, 6) is 0.698. The molecule has 0 saturated carbocycles. The second-order valence-corrected chi connectivity index (χ2v) is 5.42. The van der Waals surface area contributed by atoms with E-state index in [2.05, 4.69) is 47.7 Å². The van der Waals surface area contributed by atoms with Gasteiger partial charge in [0.2, 0.25) is 5.88 Å². The molecule has 0 aliphatic carbocycles. The molecular formula is C15H20N2OS. The molecule has 19 heavy (non-hydrogen) atoms. The van der Waals surface area contributed by atoms with Crippen molar-refractivity contribution in [3.63, 3.8) is 0 Å². The second kappa shape index (κ2) is 7.26. The summed E-state index contributed by atoms with van der Waals surface area (Å²) in [7, 11) is 0. The van der Waals surface area contributed by atoms with E-state index < -0.39 is 0 Å². The molecule has 2 aromatic heterocycles. The quantitative estimate of drug-likeness (QED) is 0.841. The molecule has 4 heteroatoms. The van der Waals surface area contributed by atoms with Crippen LogP contribution in [0.2, 0.25) is 0 Å². The first-order valence-electron chi connectivity index (χ1n) is 6.64. The van der Waals surface area contributed by atoms with Crippen LogP contribution in [0.15, 0.2) is 35.8 Å². The van der Waals surface area contributed by atoms with Gasteiger partial charge in [-0.15, -0.1) is 11.3 Å². The van der Waals surface area contributed by atoms with Gasteiger partial charge in [0.1, 0.15) is 0 Å². The van der Waals surface area contributed by atoms with Crippen LogP contribution in [0.4, 0.5) is 0 Å². The molecule has 2 rings (SSSR count). The van der Waals surface area contributed by atoms with E-state index in [1.807, 2.05) is 12.3 Å². The molecule has 0 amide bonds. The highest BCUT2D eigenvalue weighted by atomic mass is 32.1. The Bertz CT molecular complexity index is 467. The Morgan fingerprint density at radius 2 is 2.26 bits per heavy atom. The number of aromatic nitrogens is 1. The molecule has 1 unspecified atom stereocenters. The maximum Gasteiger partial charge on any atom is 0.213 e. The van der Waals surface area contributed by atoms with E-state index >= 15 is 0 Å². The molecule has 0 spiro atoms. The highest BCUT2D eigenvalue weighted by Gasteiger charge is 2.04. The summed E-state index contributed by atoms with van der Waals surface area (Å²) in [6, 6.07) is 8.54. The van der Waals surface area contributed by atoms with Gasteiger partial charge in [0.15, 0.2) is 0 Å². The minimum absolute atomic E-state index is 0.331. The highest BCUT2D eigenvalue weighted by molar-refractivity contribution is 7.09. The zero-order valence-corrected chi connectivity index (χ0v) is 12.2. The van der Waals surface area contributed by atoms with Gasteiger partial charge >= 0.3 is 0 Å². The Labute approximate surface area is 118 Å². The van der Waals surface area contributed by atoms with Gasteiger partial charge in [0.05, 0.1) is 6.61 Å². The summed E-state index contributed by atoms with van der Waals surface area (Å²) in [5, 5.41) is 5.45. The predicted octanol–water partition coefficient (Wildman–Crippen LogP) is 3.44. The molecule has 3 nitrogen and oxygen atoms in total. The van der Waals surface area contributed by atoms with Crippen LogP contribution in [0.1, 0.15) is 30.3 Å². The maximum absolute atomic E-state index is 5.65. The molecule has 0 aliphatic rings. The van der Waals surface area contributed by atoms with Crippen molar-refractivity contribution in [3.05, 3.63) is 46.3 Å². The Morgan fingerprint density at radius 3 is 2.89 bits per heavy atom. The van der Waals surface area contributed by atoms with Gasteiger partial charge in [0, 0.05) is 29.6 Å². The van der Waals surface area contributed by atoms with Crippen molar-refractivity contribution in [2.75, 3.05) is 13.2 Å². The lowest BCUT2D eigenvalue weighted by molar-refractivity contribution is 0.310. The summed E-state index contributed by atoms with van der Waals surface area (Å²) in [6.45, 7) is 5.87. The van der Waals surface area contributed by atoms with Crippen molar-refractivity contribution in [2.45, 2.75) is 26.3 Å². The molecule has 0 bridgehead atoms. The first-order valence-corrected chi connectivity index (χ1v) is 7.52. The Kier molecular flexibility index (Phi) is 5.36. The lowest BCUT2D eigenvalue weighted by atomic mass is 10.1. The SMILES string of the molecule is CCNC(C)c1ccc(OCCc2cccs2)nc1. The van der Waals surface area contributed by atoms with Crippen LogP contribution in [0.5, 0.6) is 5.88 Å². The van der Waals surface area contributed by atoms with Crippen molar-refractivity contribution in [1.29, 1.82) is 0 Å². The number of hydrogen-bond donors (Lipinski definition) is 1. The third-order valence-corrected chi connectivity index (χ3v) is 3.88. The number of nitrogens with zero attached hydrogens (tertiary/aromatic N) is 1. The van der Waals surface area contributed by atoms with E-state index in [4.69, 9.17) is 4.74 Å². The largest absolute Gasteiger partial charge is 0.477 e. The number of pyridine rings is 1. The molecule has 0 saturated heterocycles. The highest BCUT2D eigenvalue weighted by Crippen LogP contribution is 2.15. The summed E-state index contributed by atoms with van der Waals surface area (Å²) in [5.41, 5.74) is 1.19. The second-order valence-electron chi connectivity index (χ2n) is 4.39. The summed E-state index contributed by atoms with van der Waals surface area (Å²) >= 11 is 1.76. The van der Waals surface area contributed by atoms with Crippen LogP contribution in [0.3, 0.4) is 0 Å². The van der Waals surface area contributed by atoms with E-state index in [-0.39, 0.29) is 0 Å². The van der Waals surface area contributed by atoms with Crippen molar-refractivity contribution in [3.8, 4) is 5.88 Å². The topological polar surface area (TPSA) is 34.1 Å². The molecule has 1 atom stereocenters. The van der Waals surface area contributed by atoms with Crippen LogP contribution in [0.25, 0.3) is 0 Å². The van der Waals surface area contributed by atoms with Gasteiger partial charge < -0.3 is 10.1 Å². The Hall–Kier alpha value is -1.39. The number of nitrogens with one attached hydrogen (secondary N) is 1. The number of hydrogen-bond acceptors (Lipinski definition) is 4. The molecule has 0 fully saturated rings. The molecule has 102 valence electrons. The van der Waals surface area contributed by atoms with Crippen LogP contribution >= 0.6 is 11.3 Å². The standard InChI is InChI=1S/C15H20N2OS/c1-3-16-12(2)13-6-7-15(17-11-13)18-9-8-14-5-4-10-19-14/h4-7,10-12,16H,3,8-9H2,1-2H3. The fourth-order valence-electron chi connectivity index (χ4n) is 1.87. The predicted molar refractivity (Wildman–Crippen MR) is 79.8 cm³/mol. The molecule has 0 aromatic carbocycles. The lowest BCUT2D eigenvalue weighted by Gasteiger charge is -2.12. The van der Waals surface area contributed by atoms with Crippen LogP contribution < -0.4 is 10.1 Å². The normalized spacial score (nSPS) is 12.3. The monoisotopic (exact) mass is 276 g/mol. The number of ether oxygens (including phenoxy) is 1. The summed E-state index contributed by atoms with van der Waals surface area (Å²) in [4.78, 5) is 5.69. The summed E-state index contributed by atoms with van der Waals surface area (Å²) in [6.07, 6.45) is 2.82. The molecular weight excluding hydrogens is 256 g/mol. The maximum atomic E-state index is 5.65. The van der Waals surface area contributed by atoms with E-state index in [1.54, 1.807) is 11.3 Å². The van der Waals surface area contributed by atoms with Crippen molar-refractivity contribution >= 4 is 11.3 Å². The van der Waals surface area contributed by atoms with Gasteiger partial charge in [-0.2, -0.15) is 0 Å². The average molecular weight is 276 g/mol. The molecule has 0 aliphatic heterocycles. The lowest BCUT2D eigenvalue weighted by Crippen LogP contribution is -2.17. The van der Waals surface area contributed by atoms with Gasteiger partial charge in [0.25, 0.3) is 0 Å². The van der Waals surface area contributed by atoms with Gasteiger partial charge in [-0.3, -0.25) is 0 Å². The van der Waals surface area contributed by atoms with Crippen LogP contribution in [-0.2, 0) is 6.42 Å². The van der Waals surface area contributed by atoms with Crippen molar-refractivity contribution in [2.24, 2.45) is 0 Å². The minimum Gasteiger partial charge on any atom is -0.477 e. The average Bonchev–Trinajstić information content (AvgIpc) is 2.93. The molecule has 2 aromatic rings. The van der Waals surface area contributed by atoms with Gasteiger partial charge in [-0.25, -0.2) is 4.98 Å².